The van der Waals surface area contributed by atoms with Gasteiger partial charge in [-0.3, -0.25) is 4.79 Å². The van der Waals surface area contributed by atoms with Crippen molar-refractivity contribution in [2.24, 2.45) is 0 Å². The van der Waals surface area contributed by atoms with Gasteiger partial charge in [0, 0.05) is 11.4 Å². The maximum Gasteiger partial charge on any atom is 0.446 e. The minimum absolute atomic E-state index is 0.0177. The van der Waals surface area contributed by atoms with Gasteiger partial charge in [-0.05, 0) is 48.0 Å². The average Bonchev–Trinajstić information content (AvgIpc) is 2.60. The van der Waals surface area contributed by atoms with Gasteiger partial charge in [-0.2, -0.15) is 13.2 Å². The van der Waals surface area contributed by atoms with Crippen LogP contribution in [-0.4, -0.2) is 31.0 Å². The molecule has 8 heteroatoms. The lowest BCUT2D eigenvalue weighted by Gasteiger charge is -2.11. The Morgan fingerprint density at radius 3 is 2.35 bits per heavy atom. The van der Waals surface area contributed by atoms with Crippen LogP contribution in [0.3, 0.4) is 0 Å². The zero-order valence-electron chi connectivity index (χ0n) is 13.8. The van der Waals surface area contributed by atoms with Crippen molar-refractivity contribution >= 4 is 23.6 Å². The number of carbonyl (C=O) groups excluding carboxylic acids is 2. The first-order chi connectivity index (χ1) is 12.3. The van der Waals surface area contributed by atoms with Gasteiger partial charge in [-0.1, -0.05) is 24.3 Å². The highest BCUT2D eigenvalue weighted by Crippen LogP contribution is 2.38. The molecule has 4 nitrogen and oxygen atoms in total. The van der Waals surface area contributed by atoms with E-state index in [1.807, 2.05) is 0 Å². The normalized spacial score (nSPS) is 11.1. The molecule has 0 aliphatic rings. The van der Waals surface area contributed by atoms with Gasteiger partial charge in [0.05, 0.1) is 18.2 Å². The first kappa shape index (κ1) is 19.8. The molecule has 0 aliphatic heterocycles. The van der Waals surface area contributed by atoms with Crippen LogP contribution in [0.2, 0.25) is 0 Å². The fraction of sp³-hybridized carbons (Fsp3) is 0.222. The number of amides is 1. The number of carbonyl (C=O) groups is 2. The summed E-state index contributed by atoms with van der Waals surface area (Å²) in [6.45, 7) is 0.251. The van der Waals surface area contributed by atoms with Crippen molar-refractivity contribution in [1.82, 2.24) is 5.32 Å². The number of rotatable bonds is 6. The van der Waals surface area contributed by atoms with E-state index in [-0.39, 0.29) is 28.8 Å². The molecule has 0 radical (unpaired) electrons. The fourth-order valence-electron chi connectivity index (χ4n) is 2.21. The summed E-state index contributed by atoms with van der Waals surface area (Å²) in [6.07, 6.45) is 0.474. The summed E-state index contributed by atoms with van der Waals surface area (Å²) < 4.78 is 42.3. The summed E-state index contributed by atoms with van der Waals surface area (Å²) in [7, 11) is 1.29. The van der Waals surface area contributed by atoms with Crippen LogP contribution >= 0.6 is 11.8 Å². The number of ether oxygens (including phenoxy) is 1. The van der Waals surface area contributed by atoms with Crippen molar-refractivity contribution in [2.75, 3.05) is 13.7 Å². The topological polar surface area (TPSA) is 55.4 Å². The summed E-state index contributed by atoms with van der Waals surface area (Å²) in [5.74, 6) is -1.01. The van der Waals surface area contributed by atoms with Crippen molar-refractivity contribution in [3.63, 3.8) is 0 Å². The van der Waals surface area contributed by atoms with Crippen molar-refractivity contribution in [3.05, 3.63) is 65.2 Å². The van der Waals surface area contributed by atoms with Crippen LogP contribution in [-0.2, 0) is 11.2 Å². The fourth-order valence-corrected chi connectivity index (χ4v) is 2.88. The van der Waals surface area contributed by atoms with Crippen LogP contribution in [0.5, 0.6) is 0 Å². The predicted octanol–water partition coefficient (Wildman–Crippen LogP) is 4.06. The van der Waals surface area contributed by atoms with Crippen LogP contribution in [0.4, 0.5) is 13.2 Å². The minimum atomic E-state index is -4.46. The molecule has 0 unspecified atom stereocenters. The third-order valence-electron chi connectivity index (χ3n) is 3.43. The van der Waals surface area contributed by atoms with E-state index in [9.17, 15) is 22.8 Å². The van der Waals surface area contributed by atoms with Crippen LogP contribution in [0.25, 0.3) is 0 Å². The van der Waals surface area contributed by atoms with E-state index >= 15 is 0 Å². The Morgan fingerprint density at radius 1 is 1.08 bits per heavy atom. The summed E-state index contributed by atoms with van der Waals surface area (Å²) in [5, 5.41) is 2.61. The standard InChI is InChI=1S/C18H16F3NO3S/c1-25-17(24)13-8-6-12(7-9-13)10-11-22-16(23)14-4-2-3-5-15(14)26-18(19,20)21/h2-9H,10-11H2,1H3,(H,22,23). The van der Waals surface area contributed by atoms with Crippen molar-refractivity contribution in [1.29, 1.82) is 0 Å². The first-order valence-electron chi connectivity index (χ1n) is 7.60. The number of thioether (sulfide) groups is 1. The molecule has 0 saturated carbocycles. The number of nitrogens with one attached hydrogen (secondary N) is 1. The Kier molecular flexibility index (Phi) is 6.68. The van der Waals surface area contributed by atoms with Gasteiger partial charge >= 0.3 is 11.5 Å². The molecule has 0 fully saturated rings. The van der Waals surface area contributed by atoms with E-state index in [1.54, 1.807) is 24.3 Å². The van der Waals surface area contributed by atoms with Crippen molar-refractivity contribution in [3.8, 4) is 0 Å². The second kappa shape index (κ2) is 8.75. The molecule has 0 aliphatic carbocycles. The lowest BCUT2D eigenvalue weighted by molar-refractivity contribution is -0.0328. The van der Waals surface area contributed by atoms with E-state index in [0.717, 1.165) is 5.56 Å². The molecule has 138 valence electrons. The number of halogens is 3. The van der Waals surface area contributed by atoms with E-state index in [1.165, 1.54) is 31.4 Å². The zero-order chi connectivity index (χ0) is 19.2. The third-order valence-corrected chi connectivity index (χ3v) is 4.24. The highest BCUT2D eigenvalue weighted by molar-refractivity contribution is 8.00. The number of hydrogen-bond acceptors (Lipinski definition) is 4. The summed E-state index contributed by atoms with van der Waals surface area (Å²) in [4.78, 5) is 23.4. The van der Waals surface area contributed by atoms with E-state index in [2.05, 4.69) is 10.1 Å². The Morgan fingerprint density at radius 2 is 1.73 bits per heavy atom. The average molecular weight is 383 g/mol. The van der Waals surface area contributed by atoms with Gasteiger partial charge < -0.3 is 10.1 Å². The van der Waals surface area contributed by atoms with Gasteiger partial charge in [0.1, 0.15) is 0 Å². The number of alkyl halides is 3. The van der Waals surface area contributed by atoms with Crippen LogP contribution in [0, 0.1) is 0 Å². The monoisotopic (exact) mass is 383 g/mol. The largest absolute Gasteiger partial charge is 0.465 e. The molecule has 2 aromatic rings. The Labute approximate surface area is 152 Å². The van der Waals surface area contributed by atoms with E-state index < -0.39 is 17.4 Å². The van der Waals surface area contributed by atoms with Gasteiger partial charge in [-0.25, -0.2) is 4.79 Å². The number of esters is 1. The second-order valence-corrected chi connectivity index (χ2v) is 6.35. The molecular weight excluding hydrogens is 367 g/mol. The SMILES string of the molecule is COC(=O)c1ccc(CCNC(=O)c2ccccc2SC(F)(F)F)cc1. The van der Waals surface area contributed by atoms with Crippen molar-refractivity contribution in [2.45, 2.75) is 16.8 Å². The Bertz CT molecular complexity index is 776. The van der Waals surface area contributed by atoms with Crippen LogP contribution < -0.4 is 5.32 Å². The number of methoxy groups -OCH3 is 1. The molecule has 1 N–H and O–H groups in total. The predicted molar refractivity (Wildman–Crippen MR) is 92.2 cm³/mol. The molecule has 0 spiro atoms. The van der Waals surface area contributed by atoms with Crippen LogP contribution in [0.15, 0.2) is 53.4 Å². The smallest absolute Gasteiger partial charge is 0.446 e. The molecule has 0 bridgehead atoms. The molecular formula is C18H16F3NO3S. The number of benzene rings is 2. The second-order valence-electron chi connectivity index (χ2n) is 5.24. The van der Waals surface area contributed by atoms with Gasteiger partial charge in [0.25, 0.3) is 5.91 Å². The lowest BCUT2D eigenvalue weighted by Crippen LogP contribution is -2.26. The molecule has 1 amide bonds. The van der Waals surface area contributed by atoms with Crippen LogP contribution in [0.1, 0.15) is 26.3 Å². The number of hydrogen-bond donors (Lipinski definition) is 1. The highest BCUT2D eigenvalue weighted by atomic mass is 32.2. The van der Waals surface area contributed by atoms with Crippen molar-refractivity contribution < 1.29 is 27.5 Å². The van der Waals surface area contributed by atoms with E-state index in [0.29, 0.717) is 12.0 Å². The third kappa shape index (κ3) is 5.80. The molecule has 2 aromatic carbocycles. The molecule has 0 atom stereocenters. The maximum atomic E-state index is 12.6. The highest BCUT2D eigenvalue weighted by Gasteiger charge is 2.31. The molecule has 0 heterocycles. The minimum Gasteiger partial charge on any atom is -0.465 e. The van der Waals surface area contributed by atoms with E-state index in [4.69, 9.17) is 0 Å². The molecule has 2 rings (SSSR count). The first-order valence-corrected chi connectivity index (χ1v) is 8.42. The molecule has 0 aromatic heterocycles. The summed E-state index contributed by atoms with van der Waals surface area (Å²) in [5.41, 5.74) is -3.19. The quantitative estimate of drug-likeness (QED) is 0.604. The maximum absolute atomic E-state index is 12.6. The van der Waals surface area contributed by atoms with Gasteiger partial charge in [0.15, 0.2) is 0 Å². The summed E-state index contributed by atoms with van der Waals surface area (Å²) >= 11 is -0.313. The molecule has 0 saturated heterocycles. The Hall–Kier alpha value is -2.48. The Balaban J connectivity index is 1.94. The lowest BCUT2D eigenvalue weighted by atomic mass is 10.1. The summed E-state index contributed by atoms with van der Waals surface area (Å²) in [6, 6.07) is 12.3. The van der Waals surface area contributed by atoms with Gasteiger partial charge in [0.2, 0.25) is 0 Å². The zero-order valence-corrected chi connectivity index (χ0v) is 14.6. The molecule has 26 heavy (non-hydrogen) atoms. The van der Waals surface area contributed by atoms with Gasteiger partial charge in [-0.15, -0.1) is 0 Å².